The van der Waals surface area contributed by atoms with Crippen LogP contribution in [0, 0.1) is 5.92 Å². The number of rotatable bonds is 5. The molecule has 0 bridgehead atoms. The monoisotopic (exact) mass is 293 g/mol. The number of nitrogens with two attached hydrogens (primary N) is 1. The van der Waals surface area contributed by atoms with E-state index in [9.17, 15) is 0 Å². The molecule has 2 aromatic rings. The Morgan fingerprint density at radius 3 is 2.55 bits per heavy atom. The molecule has 20 heavy (non-hydrogen) atoms. The fourth-order valence-electron chi connectivity index (χ4n) is 2.37. The minimum absolute atomic E-state index is 0. The highest BCUT2D eigenvalue weighted by molar-refractivity contribution is 5.85. The van der Waals surface area contributed by atoms with E-state index in [4.69, 9.17) is 10.3 Å². The van der Waals surface area contributed by atoms with E-state index in [-0.39, 0.29) is 12.4 Å². The Morgan fingerprint density at radius 1 is 1.20 bits per heavy atom. The van der Waals surface area contributed by atoms with Gasteiger partial charge in [0.2, 0.25) is 11.7 Å². The summed E-state index contributed by atoms with van der Waals surface area (Å²) >= 11 is 0. The van der Waals surface area contributed by atoms with E-state index in [0.717, 1.165) is 29.4 Å². The van der Waals surface area contributed by atoms with Crippen LogP contribution in [0.15, 0.2) is 28.8 Å². The largest absolute Gasteiger partial charge is 0.339 e. The lowest BCUT2D eigenvalue weighted by Crippen LogP contribution is -2.11. The predicted molar refractivity (Wildman–Crippen MR) is 80.5 cm³/mol. The van der Waals surface area contributed by atoms with Crippen molar-refractivity contribution < 1.29 is 4.52 Å². The molecular formula is C15H20ClN3O. The maximum absolute atomic E-state index is 5.58. The number of aryl methyl sites for hydroxylation is 1. The Hall–Kier alpha value is -1.39. The van der Waals surface area contributed by atoms with Gasteiger partial charge < -0.3 is 10.3 Å². The lowest BCUT2D eigenvalue weighted by atomic mass is 9.82. The first-order valence-electron chi connectivity index (χ1n) is 6.97. The zero-order valence-corrected chi connectivity index (χ0v) is 12.2. The SMILES string of the molecule is Cl.NCc1ccc(-c2noc(CCC3CCC3)n2)cc1. The standard InChI is InChI=1S/C15H19N3O.ClH/c16-10-12-4-7-13(8-5-12)15-17-14(19-18-15)9-6-11-2-1-3-11;/h4-5,7-8,11H,1-3,6,9-10,16H2;1H. The van der Waals surface area contributed by atoms with Gasteiger partial charge in [0.15, 0.2) is 0 Å². The van der Waals surface area contributed by atoms with Gasteiger partial charge in [0.05, 0.1) is 0 Å². The highest BCUT2D eigenvalue weighted by Gasteiger charge is 2.18. The summed E-state index contributed by atoms with van der Waals surface area (Å²) in [6.45, 7) is 0.555. The highest BCUT2D eigenvalue weighted by atomic mass is 35.5. The zero-order chi connectivity index (χ0) is 13.1. The molecule has 0 radical (unpaired) electrons. The number of aromatic nitrogens is 2. The first-order chi connectivity index (χ1) is 9.35. The van der Waals surface area contributed by atoms with Crippen LogP contribution >= 0.6 is 12.4 Å². The summed E-state index contributed by atoms with van der Waals surface area (Å²) in [7, 11) is 0. The molecule has 1 aliphatic carbocycles. The van der Waals surface area contributed by atoms with E-state index in [1.54, 1.807) is 0 Å². The second-order valence-electron chi connectivity index (χ2n) is 5.25. The van der Waals surface area contributed by atoms with Crippen molar-refractivity contribution >= 4 is 12.4 Å². The number of hydrogen-bond donors (Lipinski definition) is 1. The number of benzene rings is 1. The van der Waals surface area contributed by atoms with Crippen LogP contribution in [0.1, 0.15) is 37.1 Å². The lowest BCUT2D eigenvalue weighted by Gasteiger charge is -2.24. The van der Waals surface area contributed by atoms with Gasteiger partial charge in [-0.05, 0) is 17.9 Å². The fraction of sp³-hybridized carbons (Fsp3) is 0.467. The van der Waals surface area contributed by atoms with Gasteiger partial charge in [0.1, 0.15) is 0 Å². The molecule has 1 saturated carbocycles. The van der Waals surface area contributed by atoms with Crippen molar-refractivity contribution in [2.45, 2.75) is 38.6 Å². The van der Waals surface area contributed by atoms with Gasteiger partial charge >= 0.3 is 0 Å². The third-order valence-electron chi connectivity index (χ3n) is 3.91. The average molecular weight is 294 g/mol. The Labute approximate surface area is 125 Å². The van der Waals surface area contributed by atoms with Crippen LogP contribution in [-0.4, -0.2) is 10.1 Å². The molecule has 4 nitrogen and oxygen atoms in total. The van der Waals surface area contributed by atoms with Crippen LogP contribution in [0.4, 0.5) is 0 Å². The molecule has 3 rings (SSSR count). The Bertz CT molecular complexity index is 534. The number of hydrogen-bond acceptors (Lipinski definition) is 4. The molecule has 108 valence electrons. The topological polar surface area (TPSA) is 64.9 Å². The van der Waals surface area contributed by atoms with Crippen molar-refractivity contribution in [2.75, 3.05) is 0 Å². The van der Waals surface area contributed by atoms with E-state index in [1.807, 2.05) is 24.3 Å². The van der Waals surface area contributed by atoms with Gasteiger partial charge in [-0.25, -0.2) is 0 Å². The van der Waals surface area contributed by atoms with Crippen molar-refractivity contribution in [3.8, 4) is 11.4 Å². The summed E-state index contributed by atoms with van der Waals surface area (Å²) in [5, 5.41) is 4.05. The zero-order valence-electron chi connectivity index (χ0n) is 11.4. The molecule has 0 spiro atoms. The van der Waals surface area contributed by atoms with Crippen molar-refractivity contribution in [3.05, 3.63) is 35.7 Å². The van der Waals surface area contributed by atoms with Gasteiger partial charge in [-0.15, -0.1) is 12.4 Å². The summed E-state index contributed by atoms with van der Waals surface area (Å²) in [5.74, 6) is 2.30. The van der Waals surface area contributed by atoms with Crippen LogP contribution in [-0.2, 0) is 13.0 Å². The molecule has 1 heterocycles. The molecule has 0 amide bonds. The number of halogens is 1. The van der Waals surface area contributed by atoms with E-state index < -0.39 is 0 Å². The average Bonchev–Trinajstić information content (AvgIpc) is 2.86. The van der Waals surface area contributed by atoms with Gasteiger partial charge in [0, 0.05) is 18.5 Å². The smallest absolute Gasteiger partial charge is 0.226 e. The minimum Gasteiger partial charge on any atom is -0.339 e. The van der Waals surface area contributed by atoms with E-state index >= 15 is 0 Å². The molecular weight excluding hydrogens is 274 g/mol. The molecule has 1 aliphatic rings. The predicted octanol–water partition coefficient (Wildman–Crippen LogP) is 3.35. The molecule has 5 heteroatoms. The van der Waals surface area contributed by atoms with Crippen LogP contribution in [0.5, 0.6) is 0 Å². The molecule has 2 N–H and O–H groups in total. The quantitative estimate of drug-likeness (QED) is 0.918. The molecule has 1 aromatic carbocycles. The van der Waals surface area contributed by atoms with Gasteiger partial charge in [-0.2, -0.15) is 4.98 Å². The first-order valence-corrected chi connectivity index (χ1v) is 6.97. The maximum atomic E-state index is 5.58. The summed E-state index contributed by atoms with van der Waals surface area (Å²) in [6.07, 6.45) is 6.18. The summed E-state index contributed by atoms with van der Waals surface area (Å²) in [5.41, 5.74) is 7.67. The first kappa shape index (κ1) is 15.0. The van der Waals surface area contributed by atoms with E-state index in [2.05, 4.69) is 10.1 Å². The molecule has 1 aromatic heterocycles. The third-order valence-corrected chi connectivity index (χ3v) is 3.91. The molecule has 0 aliphatic heterocycles. The summed E-state index contributed by atoms with van der Waals surface area (Å²) < 4.78 is 5.31. The van der Waals surface area contributed by atoms with Crippen molar-refractivity contribution in [1.29, 1.82) is 0 Å². The summed E-state index contributed by atoms with van der Waals surface area (Å²) in [6, 6.07) is 7.98. The van der Waals surface area contributed by atoms with Crippen molar-refractivity contribution in [1.82, 2.24) is 10.1 Å². The van der Waals surface area contributed by atoms with Crippen molar-refractivity contribution in [3.63, 3.8) is 0 Å². The molecule has 1 fully saturated rings. The van der Waals surface area contributed by atoms with Crippen molar-refractivity contribution in [2.24, 2.45) is 11.7 Å². The summed E-state index contributed by atoms with van der Waals surface area (Å²) in [4.78, 5) is 4.46. The lowest BCUT2D eigenvalue weighted by molar-refractivity contribution is 0.280. The minimum atomic E-state index is 0. The van der Waals surface area contributed by atoms with E-state index in [1.165, 1.54) is 25.7 Å². The molecule has 0 atom stereocenters. The normalized spacial score (nSPS) is 14.7. The van der Waals surface area contributed by atoms with Gasteiger partial charge in [-0.3, -0.25) is 0 Å². The highest BCUT2D eigenvalue weighted by Crippen LogP contribution is 2.30. The molecule has 0 unspecified atom stereocenters. The van der Waals surface area contributed by atoms with Gasteiger partial charge in [0.25, 0.3) is 0 Å². The van der Waals surface area contributed by atoms with Gasteiger partial charge in [-0.1, -0.05) is 48.7 Å². The van der Waals surface area contributed by atoms with Crippen LogP contribution in [0.3, 0.4) is 0 Å². The molecule has 0 saturated heterocycles. The second-order valence-corrected chi connectivity index (χ2v) is 5.25. The third kappa shape index (κ3) is 3.38. The second kappa shape index (κ2) is 6.86. The van der Waals surface area contributed by atoms with E-state index in [0.29, 0.717) is 12.4 Å². The number of nitrogens with zero attached hydrogens (tertiary/aromatic N) is 2. The Morgan fingerprint density at radius 2 is 1.95 bits per heavy atom. The fourth-order valence-corrected chi connectivity index (χ4v) is 2.37. The van der Waals surface area contributed by atoms with Crippen LogP contribution < -0.4 is 5.73 Å². The Kier molecular flexibility index (Phi) is 5.15. The maximum Gasteiger partial charge on any atom is 0.226 e. The van der Waals surface area contributed by atoms with Crippen LogP contribution in [0.2, 0.25) is 0 Å². The Balaban J connectivity index is 0.00000147. The van der Waals surface area contributed by atoms with Crippen LogP contribution in [0.25, 0.3) is 11.4 Å².